The number of rotatable bonds is 5. The van der Waals surface area contributed by atoms with Crippen LogP contribution in [0.5, 0.6) is 5.75 Å². The molecule has 0 aliphatic carbocycles. The zero-order valence-electron chi connectivity index (χ0n) is 14.2. The van der Waals surface area contributed by atoms with Crippen molar-refractivity contribution in [2.75, 3.05) is 20.2 Å². The summed E-state index contributed by atoms with van der Waals surface area (Å²) in [6.07, 6.45) is 2.24. The Bertz CT molecular complexity index is 816. The smallest absolute Gasteiger partial charge is 0.257 e. The molecule has 0 N–H and O–H groups in total. The van der Waals surface area contributed by atoms with Crippen LogP contribution in [-0.2, 0) is 6.54 Å². The van der Waals surface area contributed by atoms with Crippen LogP contribution in [-0.4, -0.2) is 35.3 Å². The lowest BCUT2D eigenvalue weighted by Crippen LogP contribution is -2.34. The average Bonchev–Trinajstić information content (AvgIpc) is 3.33. The van der Waals surface area contributed by atoms with Gasteiger partial charge in [0.1, 0.15) is 5.75 Å². The number of likely N-dealkylation sites (tertiary alicyclic amines) is 1. The second kappa shape index (κ2) is 7.37. The molecule has 1 aliphatic rings. The van der Waals surface area contributed by atoms with E-state index in [4.69, 9.17) is 9.15 Å². The van der Waals surface area contributed by atoms with Crippen LogP contribution < -0.4 is 4.74 Å². The van der Waals surface area contributed by atoms with E-state index in [-0.39, 0.29) is 0 Å². The minimum absolute atomic E-state index is 0.306. The molecule has 0 amide bonds. The molecule has 1 fully saturated rings. The van der Waals surface area contributed by atoms with Gasteiger partial charge in [0.15, 0.2) is 0 Å². The van der Waals surface area contributed by atoms with Gasteiger partial charge in [-0.15, -0.1) is 21.5 Å². The highest BCUT2D eigenvalue weighted by atomic mass is 32.1. The van der Waals surface area contributed by atoms with Gasteiger partial charge < -0.3 is 9.15 Å². The topological polar surface area (TPSA) is 51.4 Å². The fourth-order valence-electron chi connectivity index (χ4n) is 3.33. The molecule has 0 bridgehead atoms. The van der Waals surface area contributed by atoms with E-state index in [0.717, 1.165) is 49.0 Å². The van der Waals surface area contributed by atoms with E-state index in [1.807, 2.05) is 29.6 Å². The maximum absolute atomic E-state index is 5.94. The summed E-state index contributed by atoms with van der Waals surface area (Å²) >= 11 is 1.62. The minimum atomic E-state index is 0.306. The maximum atomic E-state index is 5.94. The Kier molecular flexibility index (Phi) is 4.81. The van der Waals surface area contributed by atoms with Crippen LogP contribution in [0.1, 0.15) is 30.2 Å². The van der Waals surface area contributed by atoms with Crippen molar-refractivity contribution in [2.24, 2.45) is 0 Å². The van der Waals surface area contributed by atoms with E-state index in [2.05, 4.69) is 27.2 Å². The molecule has 1 aliphatic heterocycles. The molecule has 2 aromatic heterocycles. The molecule has 1 saturated heterocycles. The van der Waals surface area contributed by atoms with Gasteiger partial charge in [-0.1, -0.05) is 18.2 Å². The first kappa shape index (κ1) is 16.3. The highest BCUT2D eigenvalue weighted by Gasteiger charge is 2.26. The quantitative estimate of drug-likeness (QED) is 0.687. The van der Waals surface area contributed by atoms with Crippen molar-refractivity contribution in [3.05, 3.63) is 53.2 Å². The summed E-state index contributed by atoms with van der Waals surface area (Å²) in [5.74, 6) is 2.61. The fourth-order valence-corrected chi connectivity index (χ4v) is 3.97. The first-order valence-electron chi connectivity index (χ1n) is 8.54. The summed E-state index contributed by atoms with van der Waals surface area (Å²) < 4.78 is 11.3. The van der Waals surface area contributed by atoms with Crippen LogP contribution in [0.3, 0.4) is 0 Å². The summed E-state index contributed by atoms with van der Waals surface area (Å²) in [4.78, 5) is 3.49. The minimum Gasteiger partial charge on any atom is -0.497 e. The SMILES string of the molecule is COc1cccc(CN2CCCC(c3nnc(-c4cccs4)o3)C2)c1. The van der Waals surface area contributed by atoms with Gasteiger partial charge in [0.2, 0.25) is 5.89 Å². The monoisotopic (exact) mass is 355 g/mol. The second-order valence-electron chi connectivity index (χ2n) is 6.35. The van der Waals surface area contributed by atoms with Crippen LogP contribution in [0, 0.1) is 0 Å². The van der Waals surface area contributed by atoms with E-state index in [9.17, 15) is 0 Å². The van der Waals surface area contributed by atoms with Crippen molar-refractivity contribution in [2.45, 2.75) is 25.3 Å². The summed E-state index contributed by atoms with van der Waals surface area (Å²) in [6.45, 7) is 2.96. The lowest BCUT2D eigenvalue weighted by atomic mass is 9.97. The van der Waals surface area contributed by atoms with E-state index >= 15 is 0 Å². The number of hydrogen-bond donors (Lipinski definition) is 0. The lowest BCUT2D eigenvalue weighted by Gasteiger charge is -2.31. The molecule has 0 radical (unpaired) electrons. The summed E-state index contributed by atoms with van der Waals surface area (Å²) in [6, 6.07) is 12.3. The van der Waals surface area contributed by atoms with E-state index in [1.165, 1.54) is 5.56 Å². The van der Waals surface area contributed by atoms with Crippen LogP contribution in [0.25, 0.3) is 10.8 Å². The third kappa shape index (κ3) is 3.75. The summed E-state index contributed by atoms with van der Waals surface area (Å²) in [5.41, 5.74) is 1.27. The van der Waals surface area contributed by atoms with Crippen LogP contribution >= 0.6 is 11.3 Å². The van der Waals surface area contributed by atoms with Crippen LogP contribution in [0.2, 0.25) is 0 Å². The molecule has 0 saturated carbocycles. The third-order valence-electron chi connectivity index (χ3n) is 4.57. The molecular weight excluding hydrogens is 334 g/mol. The Balaban J connectivity index is 1.44. The molecule has 0 spiro atoms. The predicted octanol–water partition coefficient (Wildman–Crippen LogP) is 4.19. The highest BCUT2D eigenvalue weighted by Crippen LogP contribution is 2.30. The zero-order chi connectivity index (χ0) is 17.1. The molecule has 130 valence electrons. The van der Waals surface area contributed by atoms with Crippen molar-refractivity contribution in [3.63, 3.8) is 0 Å². The van der Waals surface area contributed by atoms with Crippen molar-refractivity contribution < 1.29 is 9.15 Å². The molecule has 6 heteroatoms. The normalized spacial score (nSPS) is 18.4. The largest absolute Gasteiger partial charge is 0.497 e. The zero-order valence-corrected chi connectivity index (χ0v) is 15.0. The van der Waals surface area contributed by atoms with Gasteiger partial charge in [0.25, 0.3) is 5.89 Å². The molecule has 1 unspecified atom stereocenters. The van der Waals surface area contributed by atoms with Gasteiger partial charge in [-0.05, 0) is 48.5 Å². The van der Waals surface area contributed by atoms with Gasteiger partial charge in [0.05, 0.1) is 17.9 Å². The summed E-state index contributed by atoms with van der Waals surface area (Å²) in [7, 11) is 1.71. The van der Waals surface area contributed by atoms with Gasteiger partial charge in [-0.3, -0.25) is 4.90 Å². The van der Waals surface area contributed by atoms with Gasteiger partial charge in [-0.2, -0.15) is 0 Å². The van der Waals surface area contributed by atoms with Crippen molar-refractivity contribution >= 4 is 11.3 Å². The lowest BCUT2D eigenvalue weighted by molar-refractivity contribution is 0.186. The van der Waals surface area contributed by atoms with Gasteiger partial charge in [0, 0.05) is 13.1 Å². The van der Waals surface area contributed by atoms with Gasteiger partial charge >= 0.3 is 0 Å². The van der Waals surface area contributed by atoms with E-state index in [0.29, 0.717) is 11.8 Å². The van der Waals surface area contributed by atoms with Crippen molar-refractivity contribution in [1.82, 2.24) is 15.1 Å². The van der Waals surface area contributed by atoms with Crippen molar-refractivity contribution in [3.8, 4) is 16.5 Å². The Labute approximate surface area is 151 Å². The highest BCUT2D eigenvalue weighted by molar-refractivity contribution is 7.13. The Morgan fingerprint density at radius 2 is 2.24 bits per heavy atom. The number of thiophene rings is 1. The Morgan fingerprint density at radius 1 is 1.28 bits per heavy atom. The number of methoxy groups -OCH3 is 1. The standard InChI is InChI=1S/C19H21N3O2S/c1-23-16-7-2-5-14(11-16)12-22-9-3-6-15(13-22)18-20-21-19(24-18)17-8-4-10-25-17/h2,4-5,7-8,10-11,15H,3,6,9,12-13H2,1H3. The Morgan fingerprint density at radius 3 is 3.08 bits per heavy atom. The molecule has 3 heterocycles. The maximum Gasteiger partial charge on any atom is 0.257 e. The predicted molar refractivity (Wildman–Crippen MR) is 97.9 cm³/mol. The molecular formula is C19H21N3O2S. The molecule has 1 atom stereocenters. The van der Waals surface area contributed by atoms with Crippen molar-refractivity contribution in [1.29, 1.82) is 0 Å². The molecule has 5 nitrogen and oxygen atoms in total. The molecule has 1 aromatic carbocycles. The number of piperidine rings is 1. The second-order valence-corrected chi connectivity index (χ2v) is 7.30. The number of aromatic nitrogens is 2. The van der Waals surface area contributed by atoms with E-state index in [1.54, 1.807) is 18.4 Å². The van der Waals surface area contributed by atoms with Crippen LogP contribution in [0.4, 0.5) is 0 Å². The fraction of sp³-hybridized carbons (Fsp3) is 0.368. The summed E-state index contributed by atoms with van der Waals surface area (Å²) in [5, 5.41) is 10.6. The number of benzene rings is 1. The van der Waals surface area contributed by atoms with Gasteiger partial charge in [-0.25, -0.2) is 0 Å². The first-order chi connectivity index (χ1) is 12.3. The molecule has 4 rings (SSSR count). The number of hydrogen-bond acceptors (Lipinski definition) is 6. The number of ether oxygens (including phenoxy) is 1. The molecule has 25 heavy (non-hydrogen) atoms. The first-order valence-corrected chi connectivity index (χ1v) is 9.42. The average molecular weight is 355 g/mol. The van der Waals surface area contributed by atoms with E-state index < -0.39 is 0 Å². The molecule has 3 aromatic rings. The third-order valence-corrected chi connectivity index (χ3v) is 5.43. The number of nitrogens with zero attached hydrogens (tertiary/aromatic N) is 3. The Hall–Kier alpha value is -2.18. The van der Waals surface area contributed by atoms with Crippen LogP contribution in [0.15, 0.2) is 46.2 Å².